The molecule has 3 aromatic rings. The van der Waals surface area contributed by atoms with Crippen LogP contribution >= 0.6 is 0 Å². The van der Waals surface area contributed by atoms with Crippen LogP contribution in [0.3, 0.4) is 0 Å². The Morgan fingerprint density at radius 1 is 1.00 bits per heavy atom. The second kappa shape index (κ2) is 10.0. The third-order valence-corrected chi connectivity index (χ3v) is 6.92. The molecule has 2 aliphatic rings. The number of aliphatic hydroxyl groups excluding tert-OH is 1. The number of carbonyl (C=O) groups is 2. The van der Waals surface area contributed by atoms with Crippen molar-refractivity contribution in [1.82, 2.24) is 4.90 Å². The molecule has 0 radical (unpaired) electrons. The average Bonchev–Trinajstić information content (AvgIpc) is 3.42. The van der Waals surface area contributed by atoms with Gasteiger partial charge in [0.15, 0.2) is 11.5 Å². The molecule has 1 amide bonds. The quantitative estimate of drug-likeness (QED) is 0.288. The fourth-order valence-electron chi connectivity index (χ4n) is 5.10. The number of aliphatic hydroxyl groups is 1. The van der Waals surface area contributed by atoms with Crippen LogP contribution in [0.25, 0.3) is 5.76 Å². The van der Waals surface area contributed by atoms with Crippen LogP contribution in [0, 0.1) is 0 Å². The Hall–Kier alpha value is -4.26. The van der Waals surface area contributed by atoms with Gasteiger partial charge in [-0.2, -0.15) is 0 Å². The first-order valence-electron chi connectivity index (χ1n) is 12.3. The summed E-state index contributed by atoms with van der Waals surface area (Å²) >= 11 is 0. The van der Waals surface area contributed by atoms with Crippen molar-refractivity contribution in [2.75, 3.05) is 20.8 Å². The molecule has 2 unspecified atom stereocenters. The van der Waals surface area contributed by atoms with Gasteiger partial charge >= 0.3 is 0 Å². The van der Waals surface area contributed by atoms with E-state index in [1.165, 1.54) is 12.0 Å². The van der Waals surface area contributed by atoms with E-state index < -0.39 is 17.7 Å². The molecule has 0 bridgehead atoms. The highest BCUT2D eigenvalue weighted by atomic mass is 16.5. The molecular weight excluding hydrogens is 470 g/mol. The number of carbonyl (C=O) groups excluding carboxylic acids is 2. The second-order valence-electron chi connectivity index (χ2n) is 9.30. The molecule has 37 heavy (non-hydrogen) atoms. The zero-order valence-corrected chi connectivity index (χ0v) is 21.1. The monoisotopic (exact) mass is 499 g/mol. The summed E-state index contributed by atoms with van der Waals surface area (Å²) in [7, 11) is 3.07. The van der Waals surface area contributed by atoms with Gasteiger partial charge < -0.3 is 24.2 Å². The minimum atomic E-state index is -0.785. The lowest BCUT2D eigenvalue weighted by molar-refractivity contribution is -0.139. The minimum absolute atomic E-state index is 0.0442. The van der Waals surface area contributed by atoms with E-state index in [1.807, 2.05) is 43.3 Å². The van der Waals surface area contributed by atoms with Crippen molar-refractivity contribution in [2.24, 2.45) is 0 Å². The molecule has 0 aromatic heterocycles. The number of ether oxygens (including phenoxy) is 3. The van der Waals surface area contributed by atoms with Gasteiger partial charge in [0.25, 0.3) is 11.7 Å². The van der Waals surface area contributed by atoms with E-state index in [0.717, 1.165) is 16.9 Å². The van der Waals surface area contributed by atoms with Gasteiger partial charge in [-0.15, -0.1) is 0 Å². The van der Waals surface area contributed by atoms with Crippen LogP contribution in [0.2, 0.25) is 0 Å². The van der Waals surface area contributed by atoms with Crippen LogP contribution < -0.4 is 14.2 Å². The summed E-state index contributed by atoms with van der Waals surface area (Å²) in [4.78, 5) is 28.2. The number of amides is 1. The first-order chi connectivity index (χ1) is 17.9. The smallest absolute Gasteiger partial charge is 0.295 e. The number of hydrogen-bond donors (Lipinski definition) is 1. The molecule has 3 aromatic carbocycles. The molecule has 1 fully saturated rings. The molecule has 0 saturated carbocycles. The topological polar surface area (TPSA) is 85.3 Å². The normalized spacial score (nSPS) is 20.0. The molecule has 2 aliphatic heterocycles. The highest BCUT2D eigenvalue weighted by Crippen LogP contribution is 2.42. The van der Waals surface area contributed by atoms with Gasteiger partial charge in [-0.3, -0.25) is 9.59 Å². The van der Waals surface area contributed by atoms with E-state index in [1.54, 1.807) is 37.4 Å². The standard InChI is InChI=1S/C30H29NO6/c1-18-15-22-16-21(10-11-23(22)37-18)28(32)26-27(20-9-12-24(35-2)25(17-20)36-3)31(30(34)29(26)33)14-13-19-7-5-4-6-8-19/h4-12,16-18,27,32H,13-15H2,1-3H3. The molecule has 0 aliphatic carbocycles. The number of hydrogen-bond acceptors (Lipinski definition) is 6. The Morgan fingerprint density at radius 2 is 1.76 bits per heavy atom. The van der Waals surface area contributed by atoms with E-state index in [4.69, 9.17) is 14.2 Å². The number of nitrogens with zero attached hydrogens (tertiary/aromatic N) is 1. The number of ketones is 1. The maximum Gasteiger partial charge on any atom is 0.295 e. The Morgan fingerprint density at radius 3 is 2.49 bits per heavy atom. The van der Waals surface area contributed by atoms with E-state index in [9.17, 15) is 14.7 Å². The van der Waals surface area contributed by atoms with Crippen molar-refractivity contribution < 1.29 is 28.9 Å². The lowest BCUT2D eigenvalue weighted by Crippen LogP contribution is -2.31. The minimum Gasteiger partial charge on any atom is -0.507 e. The van der Waals surface area contributed by atoms with E-state index in [-0.39, 0.29) is 17.4 Å². The molecule has 1 N–H and O–H groups in total. The summed E-state index contributed by atoms with van der Waals surface area (Å²) in [6, 6.07) is 19.6. The lowest BCUT2D eigenvalue weighted by atomic mass is 9.94. The van der Waals surface area contributed by atoms with Gasteiger partial charge in [-0.1, -0.05) is 36.4 Å². The maximum absolute atomic E-state index is 13.4. The van der Waals surface area contributed by atoms with Crippen molar-refractivity contribution in [1.29, 1.82) is 0 Å². The van der Waals surface area contributed by atoms with Crippen LogP contribution in [0.1, 0.15) is 35.2 Å². The number of methoxy groups -OCH3 is 2. The van der Waals surface area contributed by atoms with Crippen LogP contribution in [-0.4, -0.2) is 48.6 Å². The highest BCUT2D eigenvalue weighted by Gasteiger charge is 2.46. The molecule has 2 atom stereocenters. The number of fused-ring (bicyclic) bond motifs is 1. The third-order valence-electron chi connectivity index (χ3n) is 6.92. The third kappa shape index (κ3) is 4.53. The van der Waals surface area contributed by atoms with E-state index >= 15 is 0 Å². The molecule has 1 saturated heterocycles. The van der Waals surface area contributed by atoms with E-state index in [2.05, 4.69) is 0 Å². The van der Waals surface area contributed by atoms with E-state index in [0.29, 0.717) is 42.0 Å². The second-order valence-corrected chi connectivity index (χ2v) is 9.30. The highest BCUT2D eigenvalue weighted by molar-refractivity contribution is 6.46. The summed E-state index contributed by atoms with van der Waals surface area (Å²) in [5, 5.41) is 11.5. The van der Waals surface area contributed by atoms with Crippen LogP contribution in [0.5, 0.6) is 17.2 Å². The van der Waals surface area contributed by atoms with Gasteiger partial charge in [0.2, 0.25) is 0 Å². The Kier molecular flexibility index (Phi) is 6.61. The van der Waals surface area contributed by atoms with Crippen molar-refractivity contribution in [2.45, 2.75) is 31.9 Å². The summed E-state index contributed by atoms with van der Waals surface area (Å²) in [6.45, 7) is 2.29. The Balaban J connectivity index is 1.60. The summed E-state index contributed by atoms with van der Waals surface area (Å²) in [6.07, 6.45) is 1.31. The van der Waals surface area contributed by atoms with Gasteiger partial charge in [-0.25, -0.2) is 0 Å². The zero-order valence-electron chi connectivity index (χ0n) is 21.1. The van der Waals surface area contributed by atoms with Crippen LogP contribution in [0.15, 0.2) is 72.3 Å². The van der Waals surface area contributed by atoms with Crippen molar-refractivity contribution in [3.63, 3.8) is 0 Å². The lowest BCUT2D eigenvalue weighted by Gasteiger charge is -2.26. The molecule has 190 valence electrons. The average molecular weight is 500 g/mol. The fraction of sp³-hybridized carbons (Fsp3) is 0.267. The molecular formula is C30H29NO6. The fourth-order valence-corrected chi connectivity index (χ4v) is 5.10. The number of benzene rings is 3. The summed E-state index contributed by atoms with van der Waals surface area (Å²) < 4.78 is 16.6. The zero-order chi connectivity index (χ0) is 26.1. The molecule has 5 rings (SSSR count). The van der Waals surface area contributed by atoms with Crippen LogP contribution in [0.4, 0.5) is 0 Å². The summed E-state index contributed by atoms with van der Waals surface area (Å²) in [5.74, 6) is 0.204. The predicted octanol–water partition coefficient (Wildman–Crippen LogP) is 4.69. The van der Waals surface area contributed by atoms with Gasteiger partial charge in [0.05, 0.1) is 25.8 Å². The molecule has 0 spiro atoms. The predicted molar refractivity (Wildman–Crippen MR) is 139 cm³/mol. The first-order valence-corrected chi connectivity index (χ1v) is 12.3. The van der Waals surface area contributed by atoms with Gasteiger partial charge in [0, 0.05) is 18.5 Å². The Labute approximate surface area is 215 Å². The van der Waals surface area contributed by atoms with Crippen molar-refractivity contribution >= 4 is 17.4 Å². The van der Waals surface area contributed by atoms with Gasteiger partial charge in [0.1, 0.15) is 17.6 Å². The first kappa shape index (κ1) is 24.4. The van der Waals surface area contributed by atoms with Crippen LogP contribution in [-0.2, 0) is 22.4 Å². The number of likely N-dealkylation sites (tertiary alicyclic amines) is 1. The molecule has 7 heteroatoms. The molecule has 2 heterocycles. The Bertz CT molecular complexity index is 1380. The van der Waals surface area contributed by atoms with Crippen molar-refractivity contribution in [3.8, 4) is 17.2 Å². The maximum atomic E-state index is 13.4. The largest absolute Gasteiger partial charge is 0.507 e. The number of Topliss-reactive ketones (excluding diaryl/α,β-unsaturated/α-hetero) is 1. The molecule has 7 nitrogen and oxygen atoms in total. The van der Waals surface area contributed by atoms with Crippen molar-refractivity contribution in [3.05, 3.63) is 94.6 Å². The van der Waals surface area contributed by atoms with Gasteiger partial charge in [-0.05, 0) is 60.4 Å². The summed E-state index contributed by atoms with van der Waals surface area (Å²) in [5.41, 5.74) is 3.17. The SMILES string of the molecule is COc1ccc(C2C(=C(O)c3ccc4c(c3)CC(C)O4)C(=O)C(=O)N2CCc2ccccc2)cc1OC. The number of rotatable bonds is 7.